The van der Waals surface area contributed by atoms with Gasteiger partial charge in [-0.25, -0.2) is 0 Å². The number of piperidine rings is 1. The van der Waals surface area contributed by atoms with Crippen LogP contribution in [0.5, 0.6) is 0 Å². The van der Waals surface area contributed by atoms with Gasteiger partial charge in [0.1, 0.15) is 0 Å². The van der Waals surface area contributed by atoms with Crippen LogP contribution in [0.1, 0.15) is 24.8 Å². The summed E-state index contributed by atoms with van der Waals surface area (Å²) in [6.45, 7) is 2.12. The number of carbonyl (C=O) groups excluding carboxylic acids is 1. The zero-order valence-electron chi connectivity index (χ0n) is 12.5. The Bertz CT molecular complexity index is 461. The smallest absolute Gasteiger partial charge is 0.222 e. The molecule has 4 heteroatoms. The van der Waals surface area contributed by atoms with Gasteiger partial charge in [-0.15, -0.1) is 0 Å². The number of hydrogen-bond acceptors (Lipinski definition) is 3. The van der Waals surface area contributed by atoms with Gasteiger partial charge < -0.3 is 15.5 Å². The van der Waals surface area contributed by atoms with Crippen LogP contribution in [0.3, 0.4) is 0 Å². The Hall–Kier alpha value is -1.55. The predicted octanol–water partition coefficient (Wildman–Crippen LogP) is 1.75. The first-order valence-corrected chi connectivity index (χ1v) is 7.35. The van der Waals surface area contributed by atoms with Crippen molar-refractivity contribution in [3.8, 4) is 0 Å². The molecule has 0 aromatic heterocycles. The minimum absolute atomic E-state index is 0.216. The minimum atomic E-state index is 0.216. The Morgan fingerprint density at radius 3 is 2.90 bits per heavy atom. The van der Waals surface area contributed by atoms with Gasteiger partial charge in [0.05, 0.1) is 0 Å². The van der Waals surface area contributed by atoms with Crippen molar-refractivity contribution >= 4 is 11.6 Å². The number of likely N-dealkylation sites (N-methyl/N-ethyl adjacent to an activating group) is 2. The van der Waals surface area contributed by atoms with Gasteiger partial charge >= 0.3 is 0 Å². The number of nitrogens with zero attached hydrogens (tertiary/aromatic N) is 2. The number of para-hydroxylation sites is 1. The normalized spacial score (nSPS) is 19.8. The van der Waals surface area contributed by atoms with Crippen LogP contribution in [0.25, 0.3) is 0 Å². The number of carbonyl (C=O) groups is 1. The van der Waals surface area contributed by atoms with Gasteiger partial charge in [-0.05, 0) is 44.5 Å². The molecule has 0 saturated carbocycles. The van der Waals surface area contributed by atoms with E-state index in [4.69, 9.17) is 5.73 Å². The summed E-state index contributed by atoms with van der Waals surface area (Å²) in [5, 5.41) is 0. The molecule has 0 spiro atoms. The Labute approximate surface area is 121 Å². The van der Waals surface area contributed by atoms with Crippen LogP contribution in [0, 0.1) is 0 Å². The molecule has 1 amide bonds. The van der Waals surface area contributed by atoms with Crippen LogP contribution < -0.4 is 5.73 Å². The molecule has 1 aromatic rings. The highest BCUT2D eigenvalue weighted by atomic mass is 16.2. The summed E-state index contributed by atoms with van der Waals surface area (Å²) in [5.41, 5.74) is 7.76. The van der Waals surface area contributed by atoms with E-state index in [9.17, 15) is 4.79 Å². The second kappa shape index (κ2) is 6.75. The van der Waals surface area contributed by atoms with Crippen molar-refractivity contribution in [2.45, 2.75) is 31.7 Å². The molecule has 1 unspecified atom stereocenters. The summed E-state index contributed by atoms with van der Waals surface area (Å²) in [4.78, 5) is 16.5. The van der Waals surface area contributed by atoms with Crippen LogP contribution in [0.15, 0.2) is 24.3 Å². The van der Waals surface area contributed by atoms with Crippen molar-refractivity contribution in [1.29, 1.82) is 0 Å². The van der Waals surface area contributed by atoms with Gasteiger partial charge in [0.2, 0.25) is 5.91 Å². The van der Waals surface area contributed by atoms with Crippen LogP contribution in [-0.2, 0) is 11.2 Å². The van der Waals surface area contributed by atoms with Crippen molar-refractivity contribution in [3.05, 3.63) is 29.8 Å². The molecule has 1 heterocycles. The van der Waals surface area contributed by atoms with Crippen molar-refractivity contribution < 1.29 is 4.79 Å². The topological polar surface area (TPSA) is 49.6 Å². The highest BCUT2D eigenvalue weighted by molar-refractivity contribution is 5.76. The van der Waals surface area contributed by atoms with Crippen molar-refractivity contribution in [2.75, 3.05) is 32.9 Å². The van der Waals surface area contributed by atoms with Crippen molar-refractivity contribution in [3.63, 3.8) is 0 Å². The second-order valence-corrected chi connectivity index (χ2v) is 5.76. The van der Waals surface area contributed by atoms with E-state index in [1.165, 1.54) is 6.42 Å². The zero-order valence-corrected chi connectivity index (χ0v) is 12.5. The van der Waals surface area contributed by atoms with E-state index < -0.39 is 0 Å². The first kappa shape index (κ1) is 14.9. The lowest BCUT2D eigenvalue weighted by molar-refractivity contribution is -0.132. The molecule has 2 N–H and O–H groups in total. The first-order chi connectivity index (χ1) is 9.58. The third-order valence-corrected chi connectivity index (χ3v) is 4.20. The first-order valence-electron chi connectivity index (χ1n) is 7.35. The van der Waals surface area contributed by atoms with Crippen LogP contribution in [-0.4, -0.2) is 48.9 Å². The quantitative estimate of drug-likeness (QED) is 0.852. The van der Waals surface area contributed by atoms with Crippen LogP contribution >= 0.6 is 0 Å². The molecule has 1 saturated heterocycles. The average molecular weight is 275 g/mol. The largest absolute Gasteiger partial charge is 0.399 e. The lowest BCUT2D eigenvalue weighted by atomic mass is 10.0. The summed E-state index contributed by atoms with van der Waals surface area (Å²) >= 11 is 0. The molecule has 2 rings (SSSR count). The number of anilines is 1. The molecule has 4 nitrogen and oxygen atoms in total. The molecule has 0 radical (unpaired) electrons. The Morgan fingerprint density at radius 2 is 2.20 bits per heavy atom. The average Bonchev–Trinajstić information content (AvgIpc) is 2.45. The lowest BCUT2D eigenvalue weighted by Crippen LogP contribution is -2.47. The second-order valence-electron chi connectivity index (χ2n) is 5.76. The zero-order chi connectivity index (χ0) is 14.5. The van der Waals surface area contributed by atoms with E-state index in [0.717, 1.165) is 37.2 Å². The summed E-state index contributed by atoms with van der Waals surface area (Å²) in [6, 6.07) is 8.13. The number of amides is 1. The maximum atomic E-state index is 12.3. The van der Waals surface area contributed by atoms with Gasteiger partial charge in [-0.1, -0.05) is 18.2 Å². The van der Waals surface area contributed by atoms with Gasteiger partial charge in [0.25, 0.3) is 0 Å². The Kier molecular flexibility index (Phi) is 5.01. The number of benzene rings is 1. The molecular formula is C16H25N3O. The number of nitrogen functional groups attached to an aromatic ring is 1. The standard InChI is InChI=1S/C16H25N3O/c1-18-11-5-7-14(12-18)19(2)16(20)10-9-13-6-3-4-8-15(13)17/h3-4,6,8,14H,5,7,9-12,17H2,1-2H3. The summed E-state index contributed by atoms with van der Waals surface area (Å²) in [5.74, 6) is 0.216. The fourth-order valence-electron chi connectivity index (χ4n) is 2.84. The van der Waals surface area contributed by atoms with E-state index in [1.807, 2.05) is 36.2 Å². The Balaban J connectivity index is 1.86. The van der Waals surface area contributed by atoms with Crippen molar-refractivity contribution in [1.82, 2.24) is 9.80 Å². The minimum Gasteiger partial charge on any atom is -0.399 e. The maximum Gasteiger partial charge on any atom is 0.222 e. The van der Waals surface area contributed by atoms with E-state index in [-0.39, 0.29) is 5.91 Å². The molecular weight excluding hydrogens is 250 g/mol. The van der Waals surface area contributed by atoms with Gasteiger partial charge in [0.15, 0.2) is 0 Å². The molecule has 0 bridgehead atoms. The van der Waals surface area contributed by atoms with Crippen LogP contribution in [0.4, 0.5) is 5.69 Å². The van der Waals surface area contributed by atoms with Crippen molar-refractivity contribution in [2.24, 2.45) is 0 Å². The number of nitrogens with two attached hydrogens (primary N) is 1. The van der Waals surface area contributed by atoms with E-state index in [1.54, 1.807) is 0 Å². The fraction of sp³-hybridized carbons (Fsp3) is 0.562. The SMILES string of the molecule is CN1CCCC(N(C)C(=O)CCc2ccccc2N)C1. The number of hydrogen-bond donors (Lipinski definition) is 1. The molecule has 0 aliphatic carbocycles. The van der Waals surface area contributed by atoms with E-state index in [2.05, 4.69) is 11.9 Å². The fourth-order valence-corrected chi connectivity index (χ4v) is 2.84. The monoisotopic (exact) mass is 275 g/mol. The van der Waals surface area contributed by atoms with Gasteiger partial charge in [0, 0.05) is 31.7 Å². The van der Waals surface area contributed by atoms with Gasteiger partial charge in [-0.2, -0.15) is 0 Å². The van der Waals surface area contributed by atoms with E-state index >= 15 is 0 Å². The maximum absolute atomic E-state index is 12.3. The summed E-state index contributed by atoms with van der Waals surface area (Å²) < 4.78 is 0. The predicted molar refractivity (Wildman–Crippen MR) is 82.5 cm³/mol. The molecule has 1 atom stereocenters. The Morgan fingerprint density at radius 1 is 1.45 bits per heavy atom. The molecule has 1 aliphatic heterocycles. The third kappa shape index (κ3) is 3.73. The number of likely N-dealkylation sites (tertiary alicyclic amines) is 1. The summed E-state index contributed by atoms with van der Waals surface area (Å²) in [7, 11) is 4.05. The molecule has 1 aromatic carbocycles. The molecule has 110 valence electrons. The highest BCUT2D eigenvalue weighted by Crippen LogP contribution is 2.17. The summed E-state index contributed by atoms with van der Waals surface area (Å²) in [6.07, 6.45) is 3.54. The van der Waals surface area contributed by atoms with Crippen LogP contribution in [0.2, 0.25) is 0 Å². The van der Waals surface area contributed by atoms with Gasteiger partial charge in [-0.3, -0.25) is 4.79 Å². The number of aryl methyl sites for hydroxylation is 1. The number of rotatable bonds is 4. The van der Waals surface area contributed by atoms with E-state index in [0.29, 0.717) is 12.5 Å². The molecule has 1 fully saturated rings. The lowest BCUT2D eigenvalue weighted by Gasteiger charge is -2.36. The molecule has 20 heavy (non-hydrogen) atoms. The third-order valence-electron chi connectivity index (χ3n) is 4.20. The molecule has 1 aliphatic rings. The highest BCUT2D eigenvalue weighted by Gasteiger charge is 2.24.